The van der Waals surface area contributed by atoms with Crippen molar-refractivity contribution in [2.75, 3.05) is 5.43 Å². The minimum Gasteiger partial charge on any atom is -0.265 e. The van der Waals surface area contributed by atoms with E-state index in [1.165, 1.54) is 23.5 Å². The molecule has 0 atom stereocenters. The molecule has 0 aliphatic carbocycles. The van der Waals surface area contributed by atoms with Crippen LogP contribution in [0.3, 0.4) is 0 Å². The number of pyridine rings is 1. The summed E-state index contributed by atoms with van der Waals surface area (Å²) >= 11 is 1.44. The zero-order chi connectivity index (χ0) is 14.5. The highest BCUT2D eigenvalue weighted by Crippen LogP contribution is 2.24. The number of hydrazone groups is 1. The lowest BCUT2D eigenvalue weighted by atomic mass is 10.2. The van der Waals surface area contributed by atoms with Gasteiger partial charge >= 0.3 is 0 Å². The van der Waals surface area contributed by atoms with Crippen LogP contribution in [0.1, 0.15) is 5.56 Å². The number of nitrogens with one attached hydrogen (secondary N) is 1. The van der Waals surface area contributed by atoms with Crippen LogP contribution in [0.25, 0.3) is 11.3 Å². The summed E-state index contributed by atoms with van der Waals surface area (Å²) in [6.07, 6.45) is 5.11. The van der Waals surface area contributed by atoms with Gasteiger partial charge in [-0.2, -0.15) is 5.10 Å². The average molecular weight is 298 g/mol. The first-order chi connectivity index (χ1) is 10.3. The highest BCUT2D eigenvalue weighted by molar-refractivity contribution is 7.14. The minimum absolute atomic E-state index is 0.255. The van der Waals surface area contributed by atoms with Gasteiger partial charge in [-0.25, -0.2) is 9.37 Å². The average Bonchev–Trinajstić information content (AvgIpc) is 2.98. The van der Waals surface area contributed by atoms with E-state index in [1.807, 2.05) is 17.5 Å². The second kappa shape index (κ2) is 6.23. The molecule has 4 nitrogen and oxygen atoms in total. The van der Waals surface area contributed by atoms with Crippen molar-refractivity contribution in [2.45, 2.75) is 0 Å². The number of nitrogens with zero attached hydrogens (tertiary/aromatic N) is 3. The Morgan fingerprint density at radius 1 is 1.10 bits per heavy atom. The summed E-state index contributed by atoms with van der Waals surface area (Å²) in [7, 11) is 0. The van der Waals surface area contributed by atoms with Gasteiger partial charge in [0, 0.05) is 23.3 Å². The topological polar surface area (TPSA) is 50.2 Å². The maximum atomic E-state index is 12.9. The van der Waals surface area contributed by atoms with E-state index in [0.29, 0.717) is 5.13 Å². The van der Waals surface area contributed by atoms with Gasteiger partial charge in [-0.15, -0.1) is 11.3 Å². The lowest BCUT2D eigenvalue weighted by molar-refractivity contribution is 0.628. The molecule has 0 saturated carbocycles. The molecule has 1 N–H and O–H groups in total. The van der Waals surface area contributed by atoms with E-state index >= 15 is 0 Å². The SMILES string of the molecule is Fc1ccc(-c2csc(N/N=C\c3ccncc3)n2)cc1. The molecule has 0 bridgehead atoms. The molecule has 0 aliphatic heterocycles. The van der Waals surface area contributed by atoms with Gasteiger partial charge in [-0.1, -0.05) is 0 Å². The van der Waals surface area contributed by atoms with Gasteiger partial charge in [0.25, 0.3) is 0 Å². The van der Waals surface area contributed by atoms with Crippen molar-refractivity contribution in [3.05, 3.63) is 65.6 Å². The lowest BCUT2D eigenvalue weighted by Gasteiger charge is -1.96. The summed E-state index contributed by atoms with van der Waals surface area (Å²) < 4.78 is 12.9. The Bertz CT molecular complexity index is 738. The first kappa shape index (κ1) is 13.4. The van der Waals surface area contributed by atoms with Crippen LogP contribution in [0.15, 0.2) is 59.3 Å². The van der Waals surface area contributed by atoms with Gasteiger partial charge in [-0.3, -0.25) is 10.4 Å². The summed E-state index contributed by atoms with van der Waals surface area (Å²) in [5, 5.41) is 6.70. The Labute approximate surface area is 125 Å². The van der Waals surface area contributed by atoms with E-state index in [-0.39, 0.29) is 5.82 Å². The van der Waals surface area contributed by atoms with Crippen LogP contribution in [-0.2, 0) is 0 Å². The molecule has 104 valence electrons. The van der Waals surface area contributed by atoms with Crippen LogP contribution in [0, 0.1) is 5.82 Å². The molecular weight excluding hydrogens is 287 g/mol. The third-order valence-electron chi connectivity index (χ3n) is 2.72. The fourth-order valence-corrected chi connectivity index (χ4v) is 2.36. The van der Waals surface area contributed by atoms with Gasteiger partial charge in [0.15, 0.2) is 0 Å². The number of rotatable bonds is 4. The van der Waals surface area contributed by atoms with Crippen LogP contribution < -0.4 is 5.43 Å². The molecule has 6 heteroatoms. The summed E-state index contributed by atoms with van der Waals surface area (Å²) in [4.78, 5) is 8.34. The Morgan fingerprint density at radius 2 is 1.86 bits per heavy atom. The first-order valence-corrected chi connectivity index (χ1v) is 7.10. The van der Waals surface area contributed by atoms with Crippen LogP contribution >= 0.6 is 11.3 Å². The van der Waals surface area contributed by atoms with Crippen LogP contribution in [-0.4, -0.2) is 16.2 Å². The Hall–Kier alpha value is -2.60. The fraction of sp³-hybridized carbons (Fsp3) is 0. The van der Waals surface area contributed by atoms with E-state index in [9.17, 15) is 4.39 Å². The lowest BCUT2D eigenvalue weighted by Crippen LogP contribution is -1.90. The number of hydrogen-bond acceptors (Lipinski definition) is 5. The van der Waals surface area contributed by atoms with Crippen molar-refractivity contribution in [3.8, 4) is 11.3 Å². The Kier molecular flexibility index (Phi) is 3.97. The van der Waals surface area contributed by atoms with Crippen LogP contribution in [0.5, 0.6) is 0 Å². The van der Waals surface area contributed by atoms with Crippen LogP contribution in [0.4, 0.5) is 9.52 Å². The highest BCUT2D eigenvalue weighted by atomic mass is 32.1. The molecule has 3 rings (SSSR count). The molecule has 2 heterocycles. The summed E-state index contributed by atoms with van der Waals surface area (Å²) in [5.74, 6) is -0.255. The zero-order valence-electron chi connectivity index (χ0n) is 10.9. The van der Waals surface area contributed by atoms with E-state index in [0.717, 1.165) is 16.8 Å². The monoisotopic (exact) mass is 298 g/mol. The van der Waals surface area contributed by atoms with Crippen LogP contribution in [0.2, 0.25) is 0 Å². The van der Waals surface area contributed by atoms with E-state index in [2.05, 4.69) is 20.5 Å². The van der Waals surface area contributed by atoms with Crippen molar-refractivity contribution in [3.63, 3.8) is 0 Å². The molecule has 21 heavy (non-hydrogen) atoms. The second-order valence-electron chi connectivity index (χ2n) is 4.20. The predicted octanol–water partition coefficient (Wildman–Crippen LogP) is 3.79. The third-order valence-corrected chi connectivity index (χ3v) is 3.47. The van der Waals surface area contributed by atoms with Crippen molar-refractivity contribution in [1.82, 2.24) is 9.97 Å². The molecular formula is C15H11FN4S. The molecule has 0 fully saturated rings. The first-order valence-electron chi connectivity index (χ1n) is 6.22. The van der Waals surface area contributed by atoms with E-state index < -0.39 is 0 Å². The molecule has 2 aromatic heterocycles. The summed E-state index contributed by atoms with van der Waals surface area (Å²) in [6.45, 7) is 0. The minimum atomic E-state index is -0.255. The third kappa shape index (κ3) is 3.49. The second-order valence-corrected chi connectivity index (χ2v) is 5.05. The van der Waals surface area contributed by atoms with E-state index in [1.54, 1.807) is 30.7 Å². The molecule has 0 saturated heterocycles. The highest BCUT2D eigenvalue weighted by Gasteiger charge is 2.03. The standard InChI is InChI=1S/C15H11FN4S/c16-13-3-1-12(2-4-13)14-10-21-15(19-14)20-18-9-11-5-7-17-8-6-11/h1-10H,(H,19,20)/b18-9-. The number of benzene rings is 1. The van der Waals surface area contributed by atoms with Gasteiger partial charge in [-0.05, 0) is 42.0 Å². The van der Waals surface area contributed by atoms with Gasteiger partial charge in [0.05, 0.1) is 11.9 Å². The van der Waals surface area contributed by atoms with Gasteiger partial charge in [0.1, 0.15) is 5.82 Å². The molecule has 3 aromatic rings. The zero-order valence-corrected chi connectivity index (χ0v) is 11.7. The van der Waals surface area contributed by atoms with E-state index in [4.69, 9.17) is 0 Å². The van der Waals surface area contributed by atoms with Crippen molar-refractivity contribution in [2.24, 2.45) is 5.10 Å². The quantitative estimate of drug-likeness (QED) is 0.589. The predicted molar refractivity (Wildman–Crippen MR) is 83.0 cm³/mol. The van der Waals surface area contributed by atoms with Crippen molar-refractivity contribution >= 4 is 22.7 Å². The molecule has 0 aliphatic rings. The Morgan fingerprint density at radius 3 is 2.62 bits per heavy atom. The Balaban J connectivity index is 1.68. The maximum absolute atomic E-state index is 12.9. The fourth-order valence-electron chi connectivity index (χ4n) is 1.69. The number of thiazole rings is 1. The molecule has 0 unspecified atom stereocenters. The van der Waals surface area contributed by atoms with Crippen molar-refractivity contribution in [1.29, 1.82) is 0 Å². The van der Waals surface area contributed by atoms with Gasteiger partial charge < -0.3 is 0 Å². The normalized spacial score (nSPS) is 10.9. The number of halogens is 1. The number of aromatic nitrogens is 2. The molecule has 0 spiro atoms. The molecule has 0 radical (unpaired) electrons. The number of anilines is 1. The summed E-state index contributed by atoms with van der Waals surface area (Å²) in [5.41, 5.74) is 5.50. The van der Waals surface area contributed by atoms with Crippen molar-refractivity contribution < 1.29 is 4.39 Å². The largest absolute Gasteiger partial charge is 0.265 e. The molecule has 1 aromatic carbocycles. The maximum Gasteiger partial charge on any atom is 0.203 e. The smallest absolute Gasteiger partial charge is 0.203 e. The number of hydrogen-bond donors (Lipinski definition) is 1. The molecule has 0 amide bonds. The summed E-state index contributed by atoms with van der Waals surface area (Å²) in [6, 6.07) is 9.96. The van der Waals surface area contributed by atoms with Gasteiger partial charge in [0.2, 0.25) is 5.13 Å².